The number of aromatic nitrogens is 2. The number of hydrogen-bond donors (Lipinski definition) is 3. The molecule has 1 aliphatic rings. The lowest BCUT2D eigenvalue weighted by Crippen LogP contribution is -2.99. The van der Waals surface area contributed by atoms with Crippen LogP contribution in [-0.4, -0.2) is 45.1 Å². The maximum absolute atomic E-state index is 11.2. The molecule has 1 aromatic heterocycles. The van der Waals surface area contributed by atoms with Crippen molar-refractivity contribution in [3.63, 3.8) is 0 Å². The molecule has 3 aromatic rings. The van der Waals surface area contributed by atoms with Gasteiger partial charge in [0.25, 0.3) is 0 Å². The summed E-state index contributed by atoms with van der Waals surface area (Å²) in [5.41, 5.74) is 1.81. The molecule has 1 unspecified atom stereocenters. The summed E-state index contributed by atoms with van der Waals surface area (Å²) in [6, 6.07) is 14.0. The van der Waals surface area contributed by atoms with E-state index in [9.17, 15) is 10.3 Å². The molecule has 2 heterocycles. The van der Waals surface area contributed by atoms with Crippen molar-refractivity contribution in [1.29, 1.82) is 0 Å². The molecule has 152 valence electrons. The van der Waals surface area contributed by atoms with E-state index in [-0.39, 0.29) is 11.7 Å². The molecule has 0 saturated carbocycles. The second-order valence-electron chi connectivity index (χ2n) is 7.03. The van der Waals surface area contributed by atoms with E-state index in [0.717, 1.165) is 11.3 Å². The standard InChI is InChI=1S/C20H22N4O5/c1-28-17-7-5-13(6-8-17)11-23-12-16(25)10-18(23)20-21-19(22-29-20)14-3-2-4-15(9-14)24(26)27/h2-9,16,18,24-26H,10-12H2,1H3/t16-,18+/m1/s1. The Morgan fingerprint density at radius 1 is 1.28 bits per heavy atom. The number of β-amino-alcohol motifs (C(OH)–C–C–N with tert-alkyl or cyclic N) is 1. The molecule has 3 N–H and O–H groups in total. The van der Waals surface area contributed by atoms with Gasteiger partial charge in [-0.2, -0.15) is 10.2 Å². The van der Waals surface area contributed by atoms with Gasteiger partial charge >= 0.3 is 0 Å². The number of ether oxygens (including phenoxy) is 1. The summed E-state index contributed by atoms with van der Waals surface area (Å²) in [6.07, 6.45) is 0.0105. The molecule has 4 rings (SSSR count). The fourth-order valence-corrected chi connectivity index (χ4v) is 3.56. The summed E-state index contributed by atoms with van der Waals surface area (Å²) < 4.78 is 10.7. The fourth-order valence-electron chi connectivity index (χ4n) is 3.56. The molecular formula is C20H22N4O5. The minimum Gasteiger partial charge on any atom is -0.595 e. The monoisotopic (exact) mass is 398 g/mol. The summed E-state index contributed by atoms with van der Waals surface area (Å²) in [6.45, 7) is 1.13. The Labute approximate surface area is 167 Å². The van der Waals surface area contributed by atoms with Crippen LogP contribution in [-0.2, 0) is 6.54 Å². The van der Waals surface area contributed by atoms with Crippen molar-refractivity contribution in [2.24, 2.45) is 0 Å². The fraction of sp³-hybridized carbons (Fsp3) is 0.300. The number of benzene rings is 2. The van der Waals surface area contributed by atoms with Crippen LogP contribution in [0.1, 0.15) is 23.9 Å². The number of aliphatic hydroxyl groups is 1. The minimum absolute atomic E-state index is 0.159. The number of aliphatic hydroxyl groups excluding tert-OH is 1. The lowest BCUT2D eigenvalue weighted by Gasteiger charge is -2.21. The van der Waals surface area contributed by atoms with Gasteiger partial charge in [0.15, 0.2) is 5.69 Å². The van der Waals surface area contributed by atoms with Gasteiger partial charge in [-0.3, -0.25) is 4.90 Å². The number of rotatable bonds is 6. The SMILES string of the molecule is COc1ccc(CN2C[C@H](O)C[C@H]2c2nc(-c3cccc([NH+]([O-])O)c3)no2)cc1. The molecule has 2 aromatic carbocycles. The van der Waals surface area contributed by atoms with Crippen LogP contribution >= 0.6 is 0 Å². The third kappa shape index (κ3) is 4.29. The van der Waals surface area contributed by atoms with Crippen LogP contribution in [0.15, 0.2) is 53.1 Å². The molecule has 0 spiro atoms. The lowest BCUT2D eigenvalue weighted by molar-refractivity contribution is -0.991. The van der Waals surface area contributed by atoms with Gasteiger partial charge in [0.05, 0.1) is 19.3 Å². The highest BCUT2D eigenvalue weighted by Crippen LogP contribution is 2.33. The Kier molecular flexibility index (Phi) is 5.56. The quantitative estimate of drug-likeness (QED) is 0.534. The van der Waals surface area contributed by atoms with Gasteiger partial charge in [-0.1, -0.05) is 29.4 Å². The van der Waals surface area contributed by atoms with Gasteiger partial charge in [0, 0.05) is 30.8 Å². The Morgan fingerprint density at radius 2 is 2.07 bits per heavy atom. The summed E-state index contributed by atoms with van der Waals surface area (Å²) in [5, 5.41) is 33.5. The number of methoxy groups -OCH3 is 1. The van der Waals surface area contributed by atoms with Crippen molar-refractivity contribution >= 4 is 5.69 Å². The predicted octanol–water partition coefficient (Wildman–Crippen LogP) is 1.46. The Morgan fingerprint density at radius 3 is 2.79 bits per heavy atom. The minimum atomic E-state index is -1.01. The zero-order chi connectivity index (χ0) is 20.4. The number of nitrogens with one attached hydrogen (secondary N) is 1. The van der Waals surface area contributed by atoms with E-state index < -0.39 is 11.3 Å². The Hall–Kier alpha value is -2.82. The van der Waals surface area contributed by atoms with Crippen molar-refractivity contribution in [2.45, 2.75) is 25.1 Å². The Bertz CT molecular complexity index is 960. The summed E-state index contributed by atoms with van der Waals surface area (Å²) in [5.74, 6) is 1.52. The van der Waals surface area contributed by atoms with E-state index in [1.807, 2.05) is 24.3 Å². The number of hydrogen-bond acceptors (Lipinski definition) is 8. The summed E-state index contributed by atoms with van der Waals surface area (Å²) in [7, 11) is 1.63. The average Bonchev–Trinajstić information content (AvgIpc) is 3.35. The second kappa shape index (κ2) is 8.27. The first-order valence-electron chi connectivity index (χ1n) is 9.26. The van der Waals surface area contributed by atoms with Gasteiger partial charge < -0.3 is 19.6 Å². The van der Waals surface area contributed by atoms with Gasteiger partial charge in [-0.05, 0) is 24.1 Å². The molecule has 9 nitrogen and oxygen atoms in total. The van der Waals surface area contributed by atoms with Crippen LogP contribution in [0.2, 0.25) is 0 Å². The molecule has 1 fully saturated rings. The largest absolute Gasteiger partial charge is 0.595 e. The van der Waals surface area contributed by atoms with E-state index in [0.29, 0.717) is 36.8 Å². The molecule has 0 bridgehead atoms. The highest BCUT2D eigenvalue weighted by molar-refractivity contribution is 5.58. The highest BCUT2D eigenvalue weighted by atomic mass is 16.8. The molecule has 0 amide bonds. The third-order valence-corrected chi connectivity index (χ3v) is 5.02. The maximum Gasteiger partial charge on any atom is 0.244 e. The molecule has 1 aliphatic heterocycles. The van der Waals surface area contributed by atoms with Gasteiger partial charge in [-0.15, -0.1) is 0 Å². The lowest BCUT2D eigenvalue weighted by atomic mass is 10.1. The van der Waals surface area contributed by atoms with Crippen LogP contribution in [0, 0.1) is 5.21 Å². The Balaban J connectivity index is 1.54. The molecule has 3 atom stereocenters. The normalized spacial score (nSPS) is 20.7. The van der Waals surface area contributed by atoms with E-state index in [1.165, 1.54) is 12.1 Å². The zero-order valence-corrected chi connectivity index (χ0v) is 15.9. The summed E-state index contributed by atoms with van der Waals surface area (Å²) in [4.78, 5) is 6.57. The number of likely N-dealkylation sites (tertiary alicyclic amines) is 1. The molecule has 0 aliphatic carbocycles. The van der Waals surface area contributed by atoms with Crippen molar-refractivity contribution in [3.8, 4) is 17.1 Å². The van der Waals surface area contributed by atoms with Gasteiger partial charge in [0.2, 0.25) is 11.7 Å². The first-order valence-corrected chi connectivity index (χ1v) is 9.26. The van der Waals surface area contributed by atoms with Crippen LogP contribution in [0.25, 0.3) is 11.4 Å². The van der Waals surface area contributed by atoms with E-state index in [2.05, 4.69) is 15.0 Å². The first-order chi connectivity index (χ1) is 14.0. The molecule has 29 heavy (non-hydrogen) atoms. The van der Waals surface area contributed by atoms with E-state index >= 15 is 0 Å². The van der Waals surface area contributed by atoms with Gasteiger partial charge in [0.1, 0.15) is 5.75 Å². The van der Waals surface area contributed by atoms with Crippen molar-refractivity contribution in [1.82, 2.24) is 15.0 Å². The number of quaternary nitrogens is 1. The van der Waals surface area contributed by atoms with E-state index in [1.54, 1.807) is 19.2 Å². The van der Waals surface area contributed by atoms with E-state index in [4.69, 9.17) is 14.5 Å². The van der Waals surface area contributed by atoms with Crippen LogP contribution in [0.4, 0.5) is 5.69 Å². The zero-order valence-electron chi connectivity index (χ0n) is 15.9. The van der Waals surface area contributed by atoms with Crippen LogP contribution < -0.4 is 9.96 Å². The highest BCUT2D eigenvalue weighted by Gasteiger charge is 2.36. The first kappa shape index (κ1) is 19.5. The summed E-state index contributed by atoms with van der Waals surface area (Å²) >= 11 is 0. The topological polar surface area (TPSA) is 119 Å². The molecule has 0 radical (unpaired) electrons. The van der Waals surface area contributed by atoms with Crippen molar-refractivity contribution < 1.29 is 24.8 Å². The molecule has 9 heteroatoms. The smallest absolute Gasteiger partial charge is 0.244 e. The molecule has 1 saturated heterocycles. The predicted molar refractivity (Wildman–Crippen MR) is 102 cm³/mol. The van der Waals surface area contributed by atoms with Crippen LogP contribution in [0.3, 0.4) is 0 Å². The second-order valence-corrected chi connectivity index (χ2v) is 7.03. The van der Waals surface area contributed by atoms with Gasteiger partial charge in [-0.25, -0.2) is 5.21 Å². The average molecular weight is 398 g/mol. The third-order valence-electron chi connectivity index (χ3n) is 5.02. The maximum atomic E-state index is 11.2. The van der Waals surface area contributed by atoms with Crippen molar-refractivity contribution in [3.05, 3.63) is 65.2 Å². The van der Waals surface area contributed by atoms with Crippen LogP contribution in [0.5, 0.6) is 5.75 Å². The van der Waals surface area contributed by atoms with Crippen molar-refractivity contribution in [2.75, 3.05) is 13.7 Å². The number of nitrogens with zero attached hydrogens (tertiary/aromatic N) is 3. The molecular weight excluding hydrogens is 376 g/mol.